The van der Waals surface area contributed by atoms with E-state index in [1.807, 2.05) is 6.92 Å². The van der Waals surface area contributed by atoms with Crippen LogP contribution in [0.5, 0.6) is 17.2 Å². The van der Waals surface area contributed by atoms with Gasteiger partial charge in [0.1, 0.15) is 17.3 Å². The number of phenols is 1. The maximum atomic E-state index is 13.9. The van der Waals surface area contributed by atoms with Gasteiger partial charge in [-0.2, -0.15) is 0 Å². The molecule has 1 amide bonds. The second-order valence-electron chi connectivity index (χ2n) is 7.12. The third-order valence-corrected chi connectivity index (χ3v) is 5.23. The number of phenolic OH excluding ortho intramolecular Hbond substituents is 1. The Bertz CT molecular complexity index is 1050. The molecule has 2 aromatic carbocycles. The Morgan fingerprint density at radius 2 is 1.77 bits per heavy atom. The second kappa shape index (κ2) is 9.07. The minimum Gasteiger partial charge on any atom is -0.507 e. The molecule has 0 aliphatic carbocycles. The van der Waals surface area contributed by atoms with E-state index < -0.39 is 29.3 Å². The Morgan fingerprint density at radius 3 is 2.39 bits per heavy atom. The number of aliphatic hydroxyl groups excluding tert-OH is 1. The molecular weight excluding hydrogens is 405 g/mol. The number of hydrogen-bond donors (Lipinski definition) is 2. The van der Waals surface area contributed by atoms with E-state index in [0.29, 0.717) is 12.0 Å². The van der Waals surface area contributed by atoms with Gasteiger partial charge in [0, 0.05) is 6.54 Å². The summed E-state index contributed by atoms with van der Waals surface area (Å²) in [7, 11) is 2.75. The van der Waals surface area contributed by atoms with E-state index in [2.05, 4.69) is 0 Å². The molecular formula is C23H24FNO6. The lowest BCUT2D eigenvalue weighted by Gasteiger charge is -2.25. The highest BCUT2D eigenvalue weighted by molar-refractivity contribution is 6.46. The normalized spacial score (nSPS) is 17.8. The van der Waals surface area contributed by atoms with Crippen LogP contribution in [0, 0.1) is 5.82 Å². The molecule has 0 radical (unpaired) electrons. The monoisotopic (exact) mass is 429 g/mol. The lowest BCUT2D eigenvalue weighted by Crippen LogP contribution is -2.30. The Morgan fingerprint density at radius 1 is 1.10 bits per heavy atom. The summed E-state index contributed by atoms with van der Waals surface area (Å²) in [5.74, 6) is -2.65. The average molecular weight is 429 g/mol. The molecule has 1 saturated heterocycles. The van der Waals surface area contributed by atoms with Crippen molar-refractivity contribution in [1.29, 1.82) is 0 Å². The largest absolute Gasteiger partial charge is 0.507 e. The lowest BCUT2D eigenvalue weighted by atomic mass is 9.94. The number of ketones is 1. The van der Waals surface area contributed by atoms with Crippen LogP contribution in [0.25, 0.3) is 5.76 Å². The Kier molecular flexibility index (Phi) is 6.48. The second-order valence-corrected chi connectivity index (χ2v) is 7.12. The van der Waals surface area contributed by atoms with Crippen molar-refractivity contribution in [2.24, 2.45) is 0 Å². The fourth-order valence-electron chi connectivity index (χ4n) is 3.67. The van der Waals surface area contributed by atoms with Gasteiger partial charge >= 0.3 is 0 Å². The molecule has 7 nitrogen and oxygen atoms in total. The van der Waals surface area contributed by atoms with E-state index in [1.165, 1.54) is 37.3 Å². The molecule has 0 saturated carbocycles. The number of aromatic hydroxyl groups is 1. The third kappa shape index (κ3) is 4.05. The quantitative estimate of drug-likeness (QED) is 0.395. The first-order valence-electron chi connectivity index (χ1n) is 9.83. The van der Waals surface area contributed by atoms with Gasteiger partial charge in [0.2, 0.25) is 0 Å². The van der Waals surface area contributed by atoms with Gasteiger partial charge in [0.25, 0.3) is 11.7 Å². The van der Waals surface area contributed by atoms with Crippen LogP contribution in [0.3, 0.4) is 0 Å². The number of unbranched alkanes of at least 4 members (excludes halogenated alkanes) is 1. The van der Waals surface area contributed by atoms with Crippen molar-refractivity contribution in [2.75, 3.05) is 20.8 Å². The van der Waals surface area contributed by atoms with E-state index in [1.54, 1.807) is 6.07 Å². The zero-order valence-corrected chi connectivity index (χ0v) is 17.5. The Balaban J connectivity index is 2.24. The van der Waals surface area contributed by atoms with Crippen LogP contribution in [0.1, 0.15) is 36.9 Å². The summed E-state index contributed by atoms with van der Waals surface area (Å²) in [6.07, 6.45) is 1.41. The van der Waals surface area contributed by atoms with Crippen molar-refractivity contribution in [3.8, 4) is 17.2 Å². The molecule has 31 heavy (non-hydrogen) atoms. The third-order valence-electron chi connectivity index (χ3n) is 5.23. The maximum absolute atomic E-state index is 13.9. The molecule has 0 bridgehead atoms. The molecule has 3 rings (SSSR count). The smallest absolute Gasteiger partial charge is 0.295 e. The fraction of sp³-hybridized carbons (Fsp3) is 0.304. The van der Waals surface area contributed by atoms with Crippen LogP contribution >= 0.6 is 0 Å². The van der Waals surface area contributed by atoms with Crippen LogP contribution in [-0.4, -0.2) is 47.6 Å². The fourth-order valence-corrected chi connectivity index (χ4v) is 3.67. The van der Waals surface area contributed by atoms with Gasteiger partial charge in [0.15, 0.2) is 11.5 Å². The number of likely N-dealkylation sites (tertiary alicyclic amines) is 1. The molecule has 1 heterocycles. The first-order valence-corrected chi connectivity index (χ1v) is 9.83. The van der Waals surface area contributed by atoms with Crippen molar-refractivity contribution >= 4 is 17.4 Å². The molecule has 1 fully saturated rings. The molecule has 2 N–H and O–H groups in total. The first kappa shape index (κ1) is 22.1. The van der Waals surface area contributed by atoms with Gasteiger partial charge < -0.3 is 24.6 Å². The van der Waals surface area contributed by atoms with Gasteiger partial charge in [0.05, 0.1) is 31.4 Å². The number of halogens is 1. The van der Waals surface area contributed by atoms with Crippen LogP contribution in [0.2, 0.25) is 0 Å². The molecule has 1 atom stereocenters. The number of carbonyl (C=O) groups is 2. The van der Waals surface area contributed by atoms with Crippen LogP contribution in [-0.2, 0) is 9.59 Å². The van der Waals surface area contributed by atoms with Crippen molar-refractivity contribution < 1.29 is 33.7 Å². The SMILES string of the molecule is CCCCN1C(=O)C(=O)/C(=C(/O)c2cc(F)ccc2OC)C1c1ccc(OC)c(O)c1. The van der Waals surface area contributed by atoms with Gasteiger partial charge in [-0.3, -0.25) is 9.59 Å². The summed E-state index contributed by atoms with van der Waals surface area (Å²) >= 11 is 0. The van der Waals surface area contributed by atoms with Crippen LogP contribution in [0.4, 0.5) is 4.39 Å². The maximum Gasteiger partial charge on any atom is 0.295 e. The molecule has 8 heteroatoms. The summed E-state index contributed by atoms with van der Waals surface area (Å²) in [5, 5.41) is 21.3. The minimum atomic E-state index is -0.962. The zero-order chi connectivity index (χ0) is 22.7. The summed E-state index contributed by atoms with van der Waals surface area (Å²) in [4.78, 5) is 27.1. The van der Waals surface area contributed by atoms with Gasteiger partial charge in [-0.25, -0.2) is 4.39 Å². The summed E-state index contributed by atoms with van der Waals surface area (Å²) < 4.78 is 24.2. The van der Waals surface area contributed by atoms with E-state index in [4.69, 9.17) is 9.47 Å². The number of benzene rings is 2. The van der Waals surface area contributed by atoms with E-state index in [-0.39, 0.29) is 34.9 Å². The highest BCUT2D eigenvalue weighted by Crippen LogP contribution is 2.43. The number of hydrogen-bond acceptors (Lipinski definition) is 6. The van der Waals surface area contributed by atoms with E-state index >= 15 is 0 Å². The number of carbonyl (C=O) groups excluding carboxylic acids is 2. The van der Waals surface area contributed by atoms with Gasteiger partial charge in [-0.1, -0.05) is 19.4 Å². The first-order chi connectivity index (χ1) is 14.8. The summed E-state index contributed by atoms with van der Waals surface area (Å²) in [6.45, 7) is 2.22. The zero-order valence-electron chi connectivity index (χ0n) is 17.5. The molecule has 164 valence electrons. The number of aliphatic hydroxyl groups is 1. The van der Waals surface area contributed by atoms with Gasteiger partial charge in [-0.05, 0) is 42.3 Å². The predicted octanol–water partition coefficient (Wildman–Crippen LogP) is 3.77. The number of Topliss-reactive ketones (excluding diaryl/α,β-unsaturated/α-hetero) is 1. The molecule has 2 aromatic rings. The number of nitrogens with zero attached hydrogens (tertiary/aromatic N) is 1. The number of methoxy groups -OCH3 is 2. The van der Waals surface area contributed by atoms with E-state index in [9.17, 15) is 24.2 Å². The highest BCUT2D eigenvalue weighted by Gasteiger charge is 2.46. The van der Waals surface area contributed by atoms with Gasteiger partial charge in [-0.15, -0.1) is 0 Å². The number of rotatable bonds is 7. The predicted molar refractivity (Wildman–Crippen MR) is 112 cm³/mol. The molecule has 0 spiro atoms. The molecule has 0 aromatic heterocycles. The minimum absolute atomic E-state index is 0.0428. The molecule has 1 unspecified atom stereocenters. The Labute approximate surface area is 179 Å². The topological polar surface area (TPSA) is 96.3 Å². The average Bonchev–Trinajstić information content (AvgIpc) is 3.01. The van der Waals surface area contributed by atoms with Crippen LogP contribution < -0.4 is 9.47 Å². The molecule has 1 aliphatic heterocycles. The number of ether oxygens (including phenoxy) is 2. The standard InChI is InChI=1S/C23H24FNO6/c1-4-5-10-25-20(13-6-8-18(31-3)16(26)11-13)19(22(28)23(25)29)21(27)15-12-14(24)7-9-17(15)30-2/h6-9,11-12,20,26-27H,4-5,10H2,1-3H3/b21-19+. The number of amides is 1. The van der Waals surface area contributed by atoms with Crippen molar-refractivity contribution in [3.63, 3.8) is 0 Å². The lowest BCUT2D eigenvalue weighted by molar-refractivity contribution is -0.139. The summed E-state index contributed by atoms with van der Waals surface area (Å²) in [5.41, 5.74) is 0.166. The van der Waals surface area contributed by atoms with Crippen molar-refractivity contribution in [2.45, 2.75) is 25.8 Å². The van der Waals surface area contributed by atoms with Crippen LogP contribution in [0.15, 0.2) is 42.0 Å². The van der Waals surface area contributed by atoms with Crippen molar-refractivity contribution in [3.05, 3.63) is 58.9 Å². The van der Waals surface area contributed by atoms with Crippen molar-refractivity contribution in [1.82, 2.24) is 4.90 Å². The Hall–Kier alpha value is -3.55. The summed E-state index contributed by atoms with van der Waals surface area (Å²) in [6, 6.07) is 7.05. The molecule has 1 aliphatic rings. The van der Waals surface area contributed by atoms with E-state index in [0.717, 1.165) is 18.6 Å². The highest BCUT2D eigenvalue weighted by atomic mass is 19.1.